The quantitative estimate of drug-likeness (QED) is 0.460. The molecule has 1 N–H and O–H groups in total. The Balaban J connectivity index is 1.72. The first kappa shape index (κ1) is 21.0. The summed E-state index contributed by atoms with van der Waals surface area (Å²) in [6, 6.07) is 11.3. The molecule has 0 spiro atoms. The number of carbonyl (C=O) groups is 1. The van der Waals surface area contributed by atoms with Crippen LogP contribution in [0.3, 0.4) is 0 Å². The molecule has 0 radical (unpaired) electrons. The highest BCUT2D eigenvalue weighted by Crippen LogP contribution is 2.32. The number of nitrogens with one attached hydrogen (secondary N) is 1. The van der Waals surface area contributed by atoms with Crippen molar-refractivity contribution in [2.45, 2.75) is 40.7 Å². The fourth-order valence-electron chi connectivity index (χ4n) is 3.66. The van der Waals surface area contributed by atoms with E-state index in [9.17, 15) is 9.59 Å². The summed E-state index contributed by atoms with van der Waals surface area (Å²) in [6.07, 6.45) is 1.47. The zero-order valence-corrected chi connectivity index (χ0v) is 19.1. The third-order valence-electron chi connectivity index (χ3n) is 5.77. The Morgan fingerprint density at radius 1 is 1.03 bits per heavy atom. The normalized spacial score (nSPS) is 12.2. The third-order valence-corrected chi connectivity index (χ3v) is 6.66. The molecule has 5 nitrogen and oxygen atoms in total. The number of anilines is 1. The average molecular weight is 432 g/mol. The molecule has 4 rings (SSSR count). The molecule has 0 aliphatic rings. The Morgan fingerprint density at radius 3 is 2.52 bits per heavy atom. The number of nitrogens with zero attached hydrogens (tertiary/aromatic N) is 2. The minimum atomic E-state index is -0.697. The van der Waals surface area contributed by atoms with Crippen LogP contribution < -0.4 is 10.9 Å². The summed E-state index contributed by atoms with van der Waals surface area (Å²) < 4.78 is 1.42. The van der Waals surface area contributed by atoms with Gasteiger partial charge >= 0.3 is 0 Å². The van der Waals surface area contributed by atoms with Crippen LogP contribution in [0.5, 0.6) is 0 Å². The van der Waals surface area contributed by atoms with E-state index < -0.39 is 6.04 Å². The summed E-state index contributed by atoms with van der Waals surface area (Å²) in [7, 11) is 0. The van der Waals surface area contributed by atoms with E-state index in [1.165, 1.54) is 33.4 Å². The van der Waals surface area contributed by atoms with Gasteiger partial charge in [-0.05, 0) is 62.9 Å². The molecule has 0 aliphatic heterocycles. The monoisotopic (exact) mass is 431 g/mol. The van der Waals surface area contributed by atoms with Crippen molar-refractivity contribution in [3.05, 3.63) is 80.7 Å². The lowest BCUT2D eigenvalue weighted by Gasteiger charge is -2.16. The zero-order valence-electron chi connectivity index (χ0n) is 18.3. The second-order valence-corrected chi connectivity index (χ2v) is 8.93. The smallest absolute Gasteiger partial charge is 0.263 e. The van der Waals surface area contributed by atoms with Crippen molar-refractivity contribution in [3.8, 4) is 11.1 Å². The van der Waals surface area contributed by atoms with Crippen LogP contribution in [-0.4, -0.2) is 15.5 Å². The molecule has 4 aromatic rings. The largest absolute Gasteiger partial charge is 0.324 e. The number of fused-ring (bicyclic) bond motifs is 1. The Morgan fingerprint density at radius 2 is 1.81 bits per heavy atom. The first-order valence-corrected chi connectivity index (χ1v) is 11.1. The second kappa shape index (κ2) is 8.12. The van der Waals surface area contributed by atoms with Crippen molar-refractivity contribution in [1.29, 1.82) is 0 Å². The third kappa shape index (κ3) is 3.91. The van der Waals surface area contributed by atoms with E-state index in [1.807, 2.05) is 43.5 Å². The van der Waals surface area contributed by atoms with Crippen molar-refractivity contribution in [2.24, 2.45) is 0 Å². The number of thiophene rings is 1. The Hall–Kier alpha value is -3.25. The maximum Gasteiger partial charge on any atom is 0.263 e. The van der Waals surface area contributed by atoms with Crippen molar-refractivity contribution in [2.75, 3.05) is 5.32 Å². The molecule has 2 heterocycles. The van der Waals surface area contributed by atoms with Crippen molar-refractivity contribution in [1.82, 2.24) is 9.55 Å². The predicted molar refractivity (Wildman–Crippen MR) is 128 cm³/mol. The molecule has 0 saturated heterocycles. The van der Waals surface area contributed by atoms with Crippen molar-refractivity contribution in [3.63, 3.8) is 0 Å². The molecule has 0 fully saturated rings. The molecule has 1 amide bonds. The molecule has 2 aromatic heterocycles. The fraction of sp³-hybridized carbons (Fsp3) is 0.240. The molecule has 31 heavy (non-hydrogen) atoms. The molecule has 2 aromatic carbocycles. The van der Waals surface area contributed by atoms with Gasteiger partial charge in [0.1, 0.15) is 10.9 Å². The fourth-order valence-corrected chi connectivity index (χ4v) is 4.57. The van der Waals surface area contributed by atoms with Gasteiger partial charge in [-0.2, -0.15) is 0 Å². The Bertz CT molecular complexity index is 1370. The molecule has 0 saturated carbocycles. The summed E-state index contributed by atoms with van der Waals surface area (Å²) in [5.41, 5.74) is 6.87. The van der Waals surface area contributed by atoms with Crippen LogP contribution >= 0.6 is 11.3 Å². The molecule has 0 aliphatic carbocycles. The van der Waals surface area contributed by atoms with Crippen LogP contribution in [0.2, 0.25) is 0 Å². The van der Waals surface area contributed by atoms with Gasteiger partial charge in [-0.25, -0.2) is 4.98 Å². The summed E-state index contributed by atoms with van der Waals surface area (Å²) in [5, 5.41) is 5.46. The molecule has 6 heteroatoms. The van der Waals surface area contributed by atoms with Gasteiger partial charge in [-0.1, -0.05) is 35.9 Å². The standard InChI is InChI=1S/C25H25N3O2S/c1-14-6-9-21(17(4)10-14)27-23(29)18(5)28-13-26-24-22(25(28)30)20(12-31-24)19-8-7-15(2)16(3)11-19/h6-13,18H,1-5H3,(H,27,29). The average Bonchev–Trinajstić information content (AvgIpc) is 3.17. The van der Waals surface area contributed by atoms with Crippen LogP contribution in [-0.2, 0) is 4.79 Å². The maximum absolute atomic E-state index is 13.4. The summed E-state index contributed by atoms with van der Waals surface area (Å²) in [6.45, 7) is 9.80. The topological polar surface area (TPSA) is 64.0 Å². The lowest BCUT2D eigenvalue weighted by Crippen LogP contribution is -2.31. The molecule has 1 unspecified atom stereocenters. The number of hydrogen-bond acceptors (Lipinski definition) is 4. The van der Waals surface area contributed by atoms with Gasteiger partial charge in [-0.15, -0.1) is 11.3 Å². The van der Waals surface area contributed by atoms with Crippen LogP contribution in [0.25, 0.3) is 21.3 Å². The minimum absolute atomic E-state index is 0.206. The lowest BCUT2D eigenvalue weighted by atomic mass is 10.0. The number of rotatable bonds is 4. The molecule has 1 atom stereocenters. The second-order valence-electron chi connectivity index (χ2n) is 8.07. The number of aryl methyl sites for hydroxylation is 4. The maximum atomic E-state index is 13.4. The van der Waals surface area contributed by atoms with E-state index in [0.29, 0.717) is 10.2 Å². The van der Waals surface area contributed by atoms with Gasteiger partial charge < -0.3 is 5.32 Å². The van der Waals surface area contributed by atoms with E-state index in [2.05, 4.69) is 36.3 Å². The zero-order chi connectivity index (χ0) is 22.3. The van der Waals surface area contributed by atoms with Gasteiger partial charge in [0.05, 0.1) is 11.7 Å². The summed E-state index contributed by atoms with van der Waals surface area (Å²) >= 11 is 1.44. The predicted octanol–water partition coefficient (Wildman–Crippen LogP) is 5.56. The van der Waals surface area contributed by atoms with Crippen molar-refractivity contribution >= 4 is 33.1 Å². The summed E-state index contributed by atoms with van der Waals surface area (Å²) in [4.78, 5) is 31.5. The van der Waals surface area contributed by atoms with Crippen LogP contribution in [0, 0.1) is 27.7 Å². The van der Waals surface area contributed by atoms with Crippen LogP contribution in [0.1, 0.15) is 35.2 Å². The van der Waals surface area contributed by atoms with E-state index in [-0.39, 0.29) is 11.5 Å². The minimum Gasteiger partial charge on any atom is -0.324 e. The highest BCUT2D eigenvalue weighted by Gasteiger charge is 2.21. The number of aromatic nitrogens is 2. The van der Waals surface area contributed by atoms with Gasteiger partial charge in [0.2, 0.25) is 5.91 Å². The first-order chi connectivity index (χ1) is 14.8. The van der Waals surface area contributed by atoms with Gasteiger partial charge in [0.25, 0.3) is 5.56 Å². The van der Waals surface area contributed by atoms with Gasteiger partial charge in [0, 0.05) is 16.6 Å². The number of amides is 1. The highest BCUT2D eigenvalue weighted by molar-refractivity contribution is 7.17. The molecular weight excluding hydrogens is 406 g/mol. The summed E-state index contributed by atoms with van der Waals surface area (Å²) in [5.74, 6) is -0.252. The Kier molecular flexibility index (Phi) is 5.50. The number of hydrogen-bond donors (Lipinski definition) is 1. The van der Waals surface area contributed by atoms with Crippen LogP contribution in [0.4, 0.5) is 5.69 Å². The SMILES string of the molecule is Cc1ccc(NC(=O)C(C)n2cnc3scc(-c4ccc(C)c(C)c4)c3c2=O)c(C)c1. The van der Waals surface area contributed by atoms with Crippen molar-refractivity contribution < 1.29 is 4.79 Å². The van der Waals surface area contributed by atoms with Gasteiger partial charge in [-0.3, -0.25) is 14.2 Å². The number of benzene rings is 2. The number of carbonyl (C=O) groups excluding carboxylic acids is 1. The van der Waals surface area contributed by atoms with E-state index in [4.69, 9.17) is 0 Å². The Labute approximate surface area is 185 Å². The van der Waals surface area contributed by atoms with Crippen LogP contribution in [0.15, 0.2) is 52.9 Å². The highest BCUT2D eigenvalue weighted by atomic mass is 32.1. The molecule has 0 bridgehead atoms. The van der Waals surface area contributed by atoms with E-state index in [1.54, 1.807) is 6.92 Å². The van der Waals surface area contributed by atoms with Gasteiger partial charge in [0.15, 0.2) is 0 Å². The first-order valence-electron chi connectivity index (χ1n) is 10.2. The molecular formula is C25H25N3O2S. The molecule has 158 valence electrons. The lowest BCUT2D eigenvalue weighted by molar-refractivity contribution is -0.118. The van der Waals surface area contributed by atoms with E-state index in [0.717, 1.165) is 27.9 Å². The van der Waals surface area contributed by atoms with E-state index >= 15 is 0 Å².